The molecule has 0 heterocycles. The van der Waals surface area contributed by atoms with E-state index in [4.69, 9.17) is 30.1 Å². The van der Waals surface area contributed by atoms with Crippen molar-refractivity contribution in [2.75, 3.05) is 0 Å². The van der Waals surface area contributed by atoms with E-state index < -0.39 is 6.04 Å². The molecule has 70 valence electrons. The Morgan fingerprint density at radius 1 is 0.786 bits per heavy atom. The normalized spacial score (nSPS) is 15.1. The second kappa shape index (κ2) is 4.04. The summed E-state index contributed by atoms with van der Waals surface area (Å²) < 4.78 is 38.5. The number of rotatable bonds is 1. The molecule has 0 saturated heterocycles. The molecule has 2 rings (SSSR count). The van der Waals surface area contributed by atoms with Crippen LogP contribution < -0.4 is 0 Å². The molecule has 0 nitrogen and oxygen atoms in total. The highest BCUT2D eigenvalue weighted by atomic mass is 35.5. The highest BCUT2D eigenvalue weighted by Crippen LogP contribution is 2.26. The van der Waals surface area contributed by atoms with Crippen LogP contribution in [0.1, 0.15) is 6.85 Å². The summed E-state index contributed by atoms with van der Waals surface area (Å²) >= 11 is 11.8. The van der Waals surface area contributed by atoms with Crippen molar-refractivity contribution in [1.82, 2.24) is 0 Å². The van der Waals surface area contributed by atoms with Crippen LogP contribution in [0.3, 0.4) is 0 Å². The molecule has 14 heavy (non-hydrogen) atoms. The molecule has 0 atom stereocenters. The molecule has 0 N–H and O–H groups in total. The Hall–Kier alpha value is -0.980. The van der Waals surface area contributed by atoms with E-state index in [2.05, 4.69) is 0 Å². The Balaban J connectivity index is 2.82. The molecule has 2 aromatic carbocycles. The lowest BCUT2D eigenvalue weighted by atomic mass is 10.1. The van der Waals surface area contributed by atoms with Crippen molar-refractivity contribution >= 4 is 23.2 Å². The molecule has 0 saturated carbocycles. The summed E-state index contributed by atoms with van der Waals surface area (Å²) in [5.41, 5.74) is 0.491. The highest BCUT2D eigenvalue weighted by molar-refractivity contribution is 6.35. The third-order valence-electron chi connectivity index (χ3n) is 1.65. The predicted molar refractivity (Wildman–Crippen MR) is 61.9 cm³/mol. The predicted octanol–water partition coefficient (Wildman–Crippen LogP) is 4.66. The van der Waals surface area contributed by atoms with E-state index in [0.29, 0.717) is 15.6 Å². The van der Waals surface area contributed by atoms with E-state index in [-0.39, 0.29) is 29.7 Å². The van der Waals surface area contributed by atoms with Crippen LogP contribution in [-0.2, 0) is 0 Å². The molecule has 0 unspecified atom stereocenters. The first-order valence-corrected chi connectivity index (χ1v) is 4.62. The molecule has 2 aromatic rings. The molecule has 0 spiro atoms. The van der Waals surface area contributed by atoms with Crippen LogP contribution in [0, 0.1) is 0 Å². The largest absolute Gasteiger partial charge is 0.0843 e. The second-order valence-electron chi connectivity index (χ2n) is 2.66. The average molecular weight is 228 g/mol. The number of benzene rings is 2. The Morgan fingerprint density at radius 2 is 1.36 bits per heavy atom. The smallest absolute Gasteiger partial charge is 0.0629 e. The maximum absolute atomic E-state index is 7.86. The van der Waals surface area contributed by atoms with Crippen molar-refractivity contribution < 1.29 is 6.85 Å². The fourth-order valence-electron chi connectivity index (χ4n) is 1.09. The maximum atomic E-state index is 7.86. The topological polar surface area (TPSA) is 0 Å². The summed E-state index contributed by atoms with van der Waals surface area (Å²) in [4.78, 5) is 0. The van der Waals surface area contributed by atoms with Gasteiger partial charge in [-0.15, -0.1) is 0 Å². The van der Waals surface area contributed by atoms with Gasteiger partial charge in [0.2, 0.25) is 0 Å². The molecule has 2 heteroatoms. The van der Waals surface area contributed by atoms with Crippen molar-refractivity contribution in [3.05, 3.63) is 58.5 Å². The van der Waals surface area contributed by atoms with Crippen LogP contribution in [0.5, 0.6) is 0 Å². The van der Waals surface area contributed by atoms with Gasteiger partial charge in [-0.25, -0.2) is 0 Å². The summed E-state index contributed by atoms with van der Waals surface area (Å²) in [5, 5.41) is 0.684. The van der Waals surface area contributed by atoms with Crippen molar-refractivity contribution in [2.45, 2.75) is 0 Å². The number of hydrogen-bond acceptors (Lipinski definition) is 0. The quantitative estimate of drug-likeness (QED) is 0.665. The molecule has 0 aromatic heterocycles. The molecule has 0 bridgehead atoms. The van der Waals surface area contributed by atoms with Gasteiger partial charge in [0.15, 0.2) is 0 Å². The van der Waals surface area contributed by atoms with E-state index in [1.165, 1.54) is 18.2 Å². The molecule has 0 aliphatic rings. The minimum atomic E-state index is -0.424. The van der Waals surface area contributed by atoms with Gasteiger partial charge >= 0.3 is 0 Å². The summed E-state index contributed by atoms with van der Waals surface area (Å²) in [6.45, 7) is 0. The van der Waals surface area contributed by atoms with Gasteiger partial charge in [-0.3, -0.25) is 0 Å². The van der Waals surface area contributed by atoms with Crippen molar-refractivity contribution in [1.29, 1.82) is 0 Å². The molecule has 0 fully saturated rings. The molecular weight excluding hydrogens is 215 g/mol. The van der Waals surface area contributed by atoms with Gasteiger partial charge in [0.05, 0.1) is 6.85 Å². The van der Waals surface area contributed by atoms with Crippen molar-refractivity contribution in [3.63, 3.8) is 0 Å². The minimum absolute atomic E-state index is 0.0930. The maximum Gasteiger partial charge on any atom is 0.0629 e. The van der Waals surface area contributed by atoms with Gasteiger partial charge < -0.3 is 0 Å². The van der Waals surface area contributed by atoms with Gasteiger partial charge in [0.1, 0.15) is 0 Å². The Kier molecular flexibility index (Phi) is 1.50. The minimum Gasteiger partial charge on any atom is -0.0843 e. The van der Waals surface area contributed by atoms with E-state index in [1.807, 2.05) is 0 Å². The molecule has 0 amide bonds. The lowest BCUT2D eigenvalue weighted by Gasteiger charge is -2.02. The first kappa shape index (κ1) is 5.20. The third kappa shape index (κ3) is 2.09. The van der Waals surface area contributed by atoms with Gasteiger partial charge in [-0.1, -0.05) is 53.4 Å². The zero-order chi connectivity index (χ0) is 14.3. The molecule has 0 aliphatic carbocycles. The molecule has 0 radical (unpaired) electrons. The Bertz CT molecular complexity index is 620. The first-order chi connectivity index (χ1) is 8.82. The highest BCUT2D eigenvalue weighted by Gasteiger charge is 1.99. The number of halogens is 2. The lowest BCUT2D eigenvalue weighted by molar-refractivity contribution is 1.62. The van der Waals surface area contributed by atoms with Crippen LogP contribution in [0.4, 0.5) is 0 Å². The van der Waals surface area contributed by atoms with Gasteiger partial charge in [-0.2, -0.15) is 0 Å². The standard InChI is InChI=1S/C12H8Cl2/c13-11-6-10(7-12(14)8-11)9-4-2-1-3-5-9/h1-8H/i1D,2D,3D,4D,5D. The van der Waals surface area contributed by atoms with Crippen LogP contribution in [0.25, 0.3) is 11.1 Å². The molecular formula is C12H8Cl2. The molecule has 0 aliphatic heterocycles. The fourth-order valence-corrected chi connectivity index (χ4v) is 1.62. The summed E-state index contributed by atoms with van der Waals surface area (Å²) in [7, 11) is 0. The SMILES string of the molecule is [2H]c1c([2H])c([2H])c(-c2cc(Cl)cc(Cl)c2)c([2H])c1[2H]. The Morgan fingerprint density at radius 3 is 1.93 bits per heavy atom. The van der Waals surface area contributed by atoms with E-state index in [1.54, 1.807) is 0 Å². The lowest BCUT2D eigenvalue weighted by Crippen LogP contribution is -1.77. The zero-order valence-electron chi connectivity index (χ0n) is 12.0. The van der Waals surface area contributed by atoms with Crippen LogP contribution in [0.2, 0.25) is 10.0 Å². The summed E-state index contributed by atoms with van der Waals surface area (Å²) in [5.74, 6) is 0. The van der Waals surface area contributed by atoms with Gasteiger partial charge in [0, 0.05) is 10.0 Å². The monoisotopic (exact) mass is 227 g/mol. The second-order valence-corrected chi connectivity index (χ2v) is 3.53. The van der Waals surface area contributed by atoms with E-state index >= 15 is 0 Å². The first-order valence-electron chi connectivity index (χ1n) is 6.36. The van der Waals surface area contributed by atoms with E-state index in [9.17, 15) is 0 Å². The van der Waals surface area contributed by atoms with E-state index in [0.717, 1.165) is 0 Å². The fraction of sp³-hybridized carbons (Fsp3) is 0. The number of hydrogen-bond donors (Lipinski definition) is 0. The zero-order valence-corrected chi connectivity index (χ0v) is 8.50. The third-order valence-corrected chi connectivity index (χ3v) is 2.09. The van der Waals surface area contributed by atoms with Crippen LogP contribution >= 0.6 is 23.2 Å². The Labute approximate surface area is 100 Å². The van der Waals surface area contributed by atoms with Crippen molar-refractivity contribution in [3.8, 4) is 11.1 Å². The van der Waals surface area contributed by atoms with Gasteiger partial charge in [0.25, 0.3) is 0 Å². The van der Waals surface area contributed by atoms with Gasteiger partial charge in [-0.05, 0) is 29.3 Å². The van der Waals surface area contributed by atoms with Crippen LogP contribution in [-0.4, -0.2) is 0 Å². The van der Waals surface area contributed by atoms with Crippen molar-refractivity contribution in [2.24, 2.45) is 0 Å². The average Bonchev–Trinajstić information content (AvgIpc) is 2.33. The summed E-state index contributed by atoms with van der Waals surface area (Å²) in [6.07, 6.45) is 0. The van der Waals surface area contributed by atoms with Crippen LogP contribution in [0.15, 0.2) is 48.4 Å². The summed E-state index contributed by atoms with van der Waals surface area (Å²) in [6, 6.07) is 2.81.